The van der Waals surface area contributed by atoms with Crippen molar-refractivity contribution < 1.29 is 4.92 Å². The quantitative estimate of drug-likeness (QED) is 0.628. The molecule has 0 bridgehead atoms. The van der Waals surface area contributed by atoms with E-state index in [1.807, 2.05) is 12.3 Å². The Morgan fingerprint density at radius 2 is 2.30 bits per heavy atom. The number of pyridine rings is 1. The fourth-order valence-corrected chi connectivity index (χ4v) is 2.38. The van der Waals surface area contributed by atoms with Gasteiger partial charge in [0.15, 0.2) is 0 Å². The fraction of sp³-hybridized carbons (Fsp3) is 0.333. The summed E-state index contributed by atoms with van der Waals surface area (Å²) >= 11 is 1.57. The molecule has 106 valence electrons. The summed E-state index contributed by atoms with van der Waals surface area (Å²) in [5, 5.41) is 19.8. The number of hydrogen-bond donors (Lipinski definition) is 2. The summed E-state index contributed by atoms with van der Waals surface area (Å²) in [7, 11) is 1.72. The number of nitro groups is 1. The third-order valence-corrected chi connectivity index (χ3v) is 3.78. The Hall–Kier alpha value is -2.22. The van der Waals surface area contributed by atoms with Crippen LogP contribution in [-0.4, -0.2) is 28.5 Å². The molecule has 0 aliphatic heterocycles. The first-order valence-electron chi connectivity index (χ1n) is 6.08. The summed E-state index contributed by atoms with van der Waals surface area (Å²) in [5.74, 6) is 1.01. The smallest absolute Gasteiger partial charge is 0.311 e. The largest absolute Gasteiger partial charge is 0.373 e. The van der Waals surface area contributed by atoms with E-state index < -0.39 is 4.92 Å². The van der Waals surface area contributed by atoms with Crippen LogP contribution in [0.25, 0.3) is 0 Å². The highest BCUT2D eigenvalue weighted by atomic mass is 32.1. The van der Waals surface area contributed by atoms with Crippen molar-refractivity contribution >= 4 is 28.7 Å². The van der Waals surface area contributed by atoms with Crippen LogP contribution in [0.4, 0.5) is 17.3 Å². The van der Waals surface area contributed by atoms with Gasteiger partial charge in [0, 0.05) is 37.2 Å². The summed E-state index contributed by atoms with van der Waals surface area (Å²) in [5.41, 5.74) is -0.0321. The van der Waals surface area contributed by atoms with E-state index in [1.165, 1.54) is 6.07 Å². The molecule has 1 atom stereocenters. The molecule has 7 nitrogen and oxygen atoms in total. The topological polar surface area (TPSA) is 93.0 Å². The molecule has 0 saturated heterocycles. The third kappa shape index (κ3) is 3.21. The molecule has 0 saturated carbocycles. The molecule has 20 heavy (non-hydrogen) atoms. The summed E-state index contributed by atoms with van der Waals surface area (Å²) < 4.78 is 0. The van der Waals surface area contributed by atoms with Crippen LogP contribution in [0.5, 0.6) is 0 Å². The molecule has 2 aromatic heterocycles. The maximum Gasteiger partial charge on any atom is 0.311 e. The second-order valence-electron chi connectivity index (χ2n) is 4.22. The van der Waals surface area contributed by atoms with Gasteiger partial charge >= 0.3 is 5.69 Å². The first-order valence-corrected chi connectivity index (χ1v) is 6.96. The van der Waals surface area contributed by atoms with Gasteiger partial charge in [0.2, 0.25) is 5.82 Å². The van der Waals surface area contributed by atoms with Crippen molar-refractivity contribution in [2.24, 2.45) is 0 Å². The Kier molecular flexibility index (Phi) is 4.46. The average Bonchev–Trinajstić information content (AvgIpc) is 2.98. The highest BCUT2D eigenvalue weighted by molar-refractivity contribution is 7.09. The van der Waals surface area contributed by atoms with Gasteiger partial charge in [0.25, 0.3) is 0 Å². The van der Waals surface area contributed by atoms with E-state index in [1.54, 1.807) is 30.6 Å². The van der Waals surface area contributed by atoms with Gasteiger partial charge in [-0.15, -0.1) is 11.3 Å². The third-order valence-electron chi connectivity index (χ3n) is 2.78. The molecule has 0 spiro atoms. The van der Waals surface area contributed by atoms with Crippen molar-refractivity contribution in [3.05, 3.63) is 38.8 Å². The van der Waals surface area contributed by atoms with E-state index in [4.69, 9.17) is 0 Å². The van der Waals surface area contributed by atoms with Crippen molar-refractivity contribution in [1.82, 2.24) is 9.97 Å². The molecular weight excluding hydrogens is 278 g/mol. The molecule has 2 aromatic rings. The van der Waals surface area contributed by atoms with Crippen molar-refractivity contribution in [3.63, 3.8) is 0 Å². The molecule has 2 rings (SSSR count). The highest BCUT2D eigenvalue weighted by Gasteiger charge is 2.17. The Morgan fingerprint density at radius 1 is 1.50 bits per heavy atom. The minimum Gasteiger partial charge on any atom is -0.373 e. The zero-order chi connectivity index (χ0) is 14.5. The summed E-state index contributed by atoms with van der Waals surface area (Å²) in [6.07, 6.45) is 1.75. The van der Waals surface area contributed by atoms with E-state index in [-0.39, 0.29) is 17.4 Å². The van der Waals surface area contributed by atoms with E-state index in [0.717, 1.165) is 5.01 Å². The van der Waals surface area contributed by atoms with Crippen molar-refractivity contribution in [3.8, 4) is 0 Å². The molecule has 0 aliphatic carbocycles. The number of anilines is 2. The van der Waals surface area contributed by atoms with Gasteiger partial charge in [-0.25, -0.2) is 9.97 Å². The van der Waals surface area contributed by atoms with Crippen LogP contribution in [0.3, 0.4) is 0 Å². The minimum absolute atomic E-state index is 0.0321. The Bertz CT molecular complexity index is 588. The first-order chi connectivity index (χ1) is 9.61. The lowest BCUT2D eigenvalue weighted by molar-refractivity contribution is -0.384. The lowest BCUT2D eigenvalue weighted by Gasteiger charge is -2.11. The van der Waals surface area contributed by atoms with Gasteiger partial charge in [-0.2, -0.15) is 0 Å². The van der Waals surface area contributed by atoms with Crippen LogP contribution in [0.2, 0.25) is 0 Å². The minimum atomic E-state index is -0.442. The molecule has 0 aliphatic rings. The first kappa shape index (κ1) is 14.2. The van der Waals surface area contributed by atoms with E-state index in [2.05, 4.69) is 20.6 Å². The number of nitrogens with one attached hydrogen (secondary N) is 2. The Balaban J connectivity index is 2.13. The molecule has 0 fully saturated rings. The van der Waals surface area contributed by atoms with Gasteiger partial charge in [0.05, 0.1) is 9.93 Å². The van der Waals surface area contributed by atoms with Gasteiger partial charge in [-0.1, -0.05) is 6.92 Å². The highest BCUT2D eigenvalue weighted by Crippen LogP contribution is 2.25. The fourth-order valence-electron chi connectivity index (χ4n) is 1.68. The predicted molar refractivity (Wildman–Crippen MR) is 79.5 cm³/mol. The lowest BCUT2D eigenvalue weighted by atomic mass is 10.2. The molecule has 1 unspecified atom stereocenters. The normalized spacial score (nSPS) is 11.9. The maximum absolute atomic E-state index is 11.0. The lowest BCUT2D eigenvalue weighted by Crippen LogP contribution is -2.12. The van der Waals surface area contributed by atoms with Crippen LogP contribution in [0, 0.1) is 10.1 Å². The number of aromatic nitrogens is 2. The van der Waals surface area contributed by atoms with Crippen LogP contribution in [0.15, 0.2) is 23.7 Å². The van der Waals surface area contributed by atoms with Gasteiger partial charge < -0.3 is 10.6 Å². The van der Waals surface area contributed by atoms with Crippen molar-refractivity contribution in [1.29, 1.82) is 0 Å². The molecule has 2 N–H and O–H groups in total. The van der Waals surface area contributed by atoms with Crippen molar-refractivity contribution in [2.75, 3.05) is 24.2 Å². The molecular formula is C12H15N5O2S. The van der Waals surface area contributed by atoms with Crippen LogP contribution >= 0.6 is 11.3 Å². The maximum atomic E-state index is 11.0. The molecule has 0 amide bonds. The molecule has 0 radical (unpaired) electrons. The second kappa shape index (κ2) is 6.29. The van der Waals surface area contributed by atoms with E-state index in [0.29, 0.717) is 12.4 Å². The molecule has 0 aromatic carbocycles. The number of hydrogen-bond acceptors (Lipinski definition) is 7. The van der Waals surface area contributed by atoms with Gasteiger partial charge in [-0.05, 0) is 6.07 Å². The van der Waals surface area contributed by atoms with Crippen LogP contribution < -0.4 is 10.6 Å². The number of rotatable bonds is 6. The Morgan fingerprint density at radius 3 is 2.90 bits per heavy atom. The van der Waals surface area contributed by atoms with E-state index in [9.17, 15) is 10.1 Å². The molecule has 8 heteroatoms. The van der Waals surface area contributed by atoms with Gasteiger partial charge in [0.1, 0.15) is 5.82 Å². The zero-order valence-corrected chi connectivity index (χ0v) is 12.0. The van der Waals surface area contributed by atoms with Crippen LogP contribution in [0.1, 0.15) is 17.8 Å². The van der Waals surface area contributed by atoms with Crippen LogP contribution in [-0.2, 0) is 0 Å². The number of nitrogens with zero attached hydrogens (tertiary/aromatic N) is 3. The number of thiazole rings is 1. The zero-order valence-electron chi connectivity index (χ0n) is 11.2. The standard InChI is InChI=1S/C12H15N5O2S/c1-8(12-14-5-6-20-12)7-15-11-9(17(18)19)3-4-10(13-2)16-11/h3-6,8H,7H2,1-2H3,(H2,13,15,16). The summed E-state index contributed by atoms with van der Waals surface area (Å²) in [6.45, 7) is 2.55. The van der Waals surface area contributed by atoms with Gasteiger partial charge in [-0.3, -0.25) is 10.1 Å². The Labute approximate surface area is 120 Å². The monoisotopic (exact) mass is 293 g/mol. The second-order valence-corrected chi connectivity index (χ2v) is 5.15. The van der Waals surface area contributed by atoms with Crippen molar-refractivity contribution in [2.45, 2.75) is 12.8 Å². The van der Waals surface area contributed by atoms with E-state index >= 15 is 0 Å². The molecule has 2 heterocycles. The predicted octanol–water partition coefficient (Wildman–Crippen LogP) is 2.70. The average molecular weight is 293 g/mol. The summed E-state index contributed by atoms with van der Waals surface area (Å²) in [6, 6.07) is 3.02. The SMILES string of the molecule is CNc1ccc([N+](=O)[O-])c(NCC(C)c2nccs2)n1. The summed E-state index contributed by atoms with van der Waals surface area (Å²) in [4.78, 5) is 19.0.